The Morgan fingerprint density at radius 2 is 2.06 bits per heavy atom. The molecule has 0 aromatic rings. The molecule has 1 saturated carbocycles. The van der Waals surface area contributed by atoms with Crippen molar-refractivity contribution in [2.45, 2.75) is 64.1 Å². The fourth-order valence-corrected chi connectivity index (χ4v) is 2.14. The first kappa shape index (κ1) is 15.9. The lowest BCUT2D eigenvalue weighted by molar-refractivity contribution is -0.00710. The van der Waals surface area contributed by atoms with E-state index in [1.54, 1.807) is 0 Å². The topological polar surface area (TPSA) is 50.7 Å². The summed E-state index contributed by atoms with van der Waals surface area (Å²) in [5, 5.41) is 13.0. The van der Waals surface area contributed by atoms with Crippen molar-refractivity contribution in [1.29, 1.82) is 0 Å². The molecule has 0 spiro atoms. The molecule has 1 aliphatic carbocycles. The van der Waals surface area contributed by atoms with Crippen molar-refractivity contribution in [2.75, 3.05) is 26.4 Å². The number of rotatable bonds is 11. The zero-order valence-electron chi connectivity index (χ0n) is 12.1. The van der Waals surface area contributed by atoms with E-state index in [4.69, 9.17) is 9.47 Å². The monoisotopic (exact) mass is 259 g/mol. The van der Waals surface area contributed by atoms with E-state index in [0.717, 1.165) is 19.4 Å². The van der Waals surface area contributed by atoms with Crippen LogP contribution in [-0.4, -0.2) is 49.2 Å². The summed E-state index contributed by atoms with van der Waals surface area (Å²) in [4.78, 5) is 0. The Bertz CT molecular complexity index is 221. The molecule has 0 bridgehead atoms. The van der Waals surface area contributed by atoms with Gasteiger partial charge in [0.2, 0.25) is 0 Å². The Balaban J connectivity index is 2.13. The SMILES string of the molecule is CCCOCCOC(C)CC(C)(CO)NC1CC1. The van der Waals surface area contributed by atoms with Gasteiger partial charge in [-0.25, -0.2) is 0 Å². The van der Waals surface area contributed by atoms with Gasteiger partial charge in [-0.1, -0.05) is 6.92 Å². The summed E-state index contributed by atoms with van der Waals surface area (Å²) in [5.74, 6) is 0. The van der Waals surface area contributed by atoms with Crippen molar-refractivity contribution >= 4 is 0 Å². The van der Waals surface area contributed by atoms with Gasteiger partial charge in [-0.2, -0.15) is 0 Å². The summed E-state index contributed by atoms with van der Waals surface area (Å²) in [6.07, 6.45) is 4.47. The lowest BCUT2D eigenvalue weighted by Crippen LogP contribution is -2.49. The van der Waals surface area contributed by atoms with Gasteiger partial charge in [-0.15, -0.1) is 0 Å². The van der Waals surface area contributed by atoms with Crippen LogP contribution in [0.4, 0.5) is 0 Å². The Hall–Kier alpha value is -0.160. The largest absolute Gasteiger partial charge is 0.394 e. The number of aliphatic hydroxyl groups excluding tert-OH is 1. The lowest BCUT2D eigenvalue weighted by atomic mass is 9.95. The van der Waals surface area contributed by atoms with E-state index in [1.165, 1.54) is 12.8 Å². The summed E-state index contributed by atoms with van der Waals surface area (Å²) in [6.45, 7) is 8.47. The van der Waals surface area contributed by atoms with Crippen LogP contribution < -0.4 is 5.32 Å². The number of aliphatic hydroxyl groups is 1. The molecule has 2 atom stereocenters. The van der Waals surface area contributed by atoms with Gasteiger partial charge >= 0.3 is 0 Å². The van der Waals surface area contributed by atoms with E-state index in [2.05, 4.69) is 26.1 Å². The zero-order chi connectivity index (χ0) is 13.4. The van der Waals surface area contributed by atoms with Crippen LogP contribution in [0.1, 0.15) is 46.5 Å². The maximum absolute atomic E-state index is 9.51. The molecule has 2 N–H and O–H groups in total. The number of hydrogen-bond acceptors (Lipinski definition) is 4. The third-order valence-corrected chi connectivity index (χ3v) is 3.20. The van der Waals surface area contributed by atoms with Crippen molar-refractivity contribution in [3.63, 3.8) is 0 Å². The minimum Gasteiger partial charge on any atom is -0.394 e. The summed E-state index contributed by atoms with van der Waals surface area (Å²) in [7, 11) is 0. The average molecular weight is 259 g/mol. The predicted molar refractivity (Wildman–Crippen MR) is 72.8 cm³/mol. The molecule has 1 rings (SSSR count). The van der Waals surface area contributed by atoms with Crippen LogP contribution in [0.3, 0.4) is 0 Å². The van der Waals surface area contributed by atoms with Gasteiger partial charge in [0.1, 0.15) is 0 Å². The van der Waals surface area contributed by atoms with Crippen LogP contribution in [0.2, 0.25) is 0 Å². The molecule has 4 nitrogen and oxygen atoms in total. The lowest BCUT2D eigenvalue weighted by Gasteiger charge is -2.31. The first-order valence-electron chi connectivity index (χ1n) is 7.17. The van der Waals surface area contributed by atoms with Gasteiger partial charge in [0.15, 0.2) is 0 Å². The summed E-state index contributed by atoms with van der Waals surface area (Å²) in [5.41, 5.74) is -0.217. The summed E-state index contributed by atoms with van der Waals surface area (Å²) < 4.78 is 11.1. The second-order valence-electron chi connectivity index (χ2n) is 5.64. The van der Waals surface area contributed by atoms with Crippen molar-refractivity contribution in [2.24, 2.45) is 0 Å². The molecule has 1 aliphatic rings. The Kier molecular flexibility index (Phi) is 7.15. The number of nitrogens with one attached hydrogen (secondary N) is 1. The van der Waals surface area contributed by atoms with Gasteiger partial charge in [0.25, 0.3) is 0 Å². The van der Waals surface area contributed by atoms with Crippen molar-refractivity contribution in [1.82, 2.24) is 5.32 Å². The van der Waals surface area contributed by atoms with Crippen LogP contribution in [-0.2, 0) is 9.47 Å². The van der Waals surface area contributed by atoms with Crippen molar-refractivity contribution in [3.8, 4) is 0 Å². The van der Waals surface area contributed by atoms with E-state index < -0.39 is 0 Å². The van der Waals surface area contributed by atoms with Crippen LogP contribution in [0, 0.1) is 0 Å². The van der Waals surface area contributed by atoms with Gasteiger partial charge in [0.05, 0.1) is 25.9 Å². The highest BCUT2D eigenvalue weighted by molar-refractivity contribution is 4.93. The van der Waals surface area contributed by atoms with Gasteiger partial charge in [-0.05, 0) is 39.5 Å². The highest BCUT2D eigenvalue weighted by Gasteiger charge is 2.33. The molecule has 18 heavy (non-hydrogen) atoms. The number of hydrogen-bond donors (Lipinski definition) is 2. The molecule has 108 valence electrons. The molecule has 4 heteroatoms. The van der Waals surface area contributed by atoms with Crippen LogP contribution in [0.15, 0.2) is 0 Å². The molecule has 0 aromatic heterocycles. The Morgan fingerprint density at radius 1 is 1.33 bits per heavy atom. The normalized spacial score (nSPS) is 20.7. The average Bonchev–Trinajstić information content (AvgIpc) is 3.12. The molecule has 0 radical (unpaired) electrons. The third-order valence-electron chi connectivity index (χ3n) is 3.20. The van der Waals surface area contributed by atoms with E-state index >= 15 is 0 Å². The third kappa shape index (κ3) is 6.69. The van der Waals surface area contributed by atoms with E-state index in [9.17, 15) is 5.11 Å². The molecule has 1 fully saturated rings. The standard InChI is InChI=1S/C14H29NO3/c1-4-7-17-8-9-18-12(2)10-14(3,11-16)15-13-5-6-13/h12-13,15-16H,4-11H2,1-3H3. The quantitative estimate of drug-likeness (QED) is 0.555. The van der Waals surface area contributed by atoms with Gasteiger partial charge in [0, 0.05) is 18.2 Å². The minimum absolute atomic E-state index is 0.138. The second kappa shape index (κ2) is 8.10. The first-order valence-corrected chi connectivity index (χ1v) is 7.17. The molecular weight excluding hydrogens is 230 g/mol. The summed E-state index contributed by atoms with van der Waals surface area (Å²) >= 11 is 0. The van der Waals surface area contributed by atoms with E-state index in [1.807, 2.05) is 0 Å². The molecule has 0 aromatic carbocycles. The van der Waals surface area contributed by atoms with Crippen LogP contribution in [0.25, 0.3) is 0 Å². The van der Waals surface area contributed by atoms with E-state index in [-0.39, 0.29) is 18.2 Å². The van der Waals surface area contributed by atoms with Crippen LogP contribution >= 0.6 is 0 Å². The van der Waals surface area contributed by atoms with Gasteiger partial charge in [-0.3, -0.25) is 0 Å². The minimum atomic E-state index is -0.217. The predicted octanol–water partition coefficient (Wildman–Crippen LogP) is 1.71. The molecule has 0 amide bonds. The fraction of sp³-hybridized carbons (Fsp3) is 1.00. The Labute approximate surface area is 111 Å². The molecular formula is C14H29NO3. The zero-order valence-corrected chi connectivity index (χ0v) is 12.1. The first-order chi connectivity index (χ1) is 8.59. The molecule has 0 aliphatic heterocycles. The van der Waals surface area contributed by atoms with Gasteiger partial charge < -0.3 is 19.9 Å². The summed E-state index contributed by atoms with van der Waals surface area (Å²) in [6, 6.07) is 0.599. The number of ether oxygens (including phenoxy) is 2. The van der Waals surface area contributed by atoms with Crippen LogP contribution in [0.5, 0.6) is 0 Å². The second-order valence-corrected chi connectivity index (χ2v) is 5.64. The molecule has 0 saturated heterocycles. The maximum Gasteiger partial charge on any atom is 0.0704 e. The fourth-order valence-electron chi connectivity index (χ4n) is 2.14. The molecule has 2 unspecified atom stereocenters. The Morgan fingerprint density at radius 3 is 2.61 bits per heavy atom. The molecule has 0 heterocycles. The van der Waals surface area contributed by atoms with Crippen molar-refractivity contribution in [3.05, 3.63) is 0 Å². The van der Waals surface area contributed by atoms with Crippen molar-refractivity contribution < 1.29 is 14.6 Å². The van der Waals surface area contributed by atoms with E-state index in [0.29, 0.717) is 19.3 Å². The maximum atomic E-state index is 9.51. The highest BCUT2D eigenvalue weighted by Crippen LogP contribution is 2.25. The highest BCUT2D eigenvalue weighted by atomic mass is 16.5. The smallest absolute Gasteiger partial charge is 0.0704 e.